The Morgan fingerprint density at radius 1 is 1.25 bits per heavy atom. The molecule has 0 radical (unpaired) electrons. The number of ether oxygens (including phenoxy) is 1. The number of carbonyl (C=O) groups excluding carboxylic acids is 1. The van der Waals surface area contributed by atoms with Crippen molar-refractivity contribution in [3.63, 3.8) is 0 Å². The standard InChI is InChI=1S/C16H13ClF3NO2S/c1-24-10-6-7-12(17)11(8-10)15(22)21-13-4-2-3-5-14(13)23-9-16(18,19)20/h2-8H,9H2,1H3,(H,21,22). The number of amides is 1. The fourth-order valence-corrected chi connectivity index (χ4v) is 2.49. The maximum atomic E-state index is 12.4. The first-order chi connectivity index (χ1) is 11.3. The lowest BCUT2D eigenvalue weighted by Gasteiger charge is -2.14. The van der Waals surface area contributed by atoms with Crippen LogP contribution in [0.3, 0.4) is 0 Å². The molecule has 2 aromatic carbocycles. The number of halogens is 4. The largest absolute Gasteiger partial charge is 0.482 e. The molecule has 24 heavy (non-hydrogen) atoms. The molecule has 128 valence electrons. The van der Waals surface area contributed by atoms with Gasteiger partial charge in [-0.25, -0.2) is 0 Å². The Kier molecular flexibility index (Phi) is 6.01. The first kappa shape index (κ1) is 18.5. The zero-order chi connectivity index (χ0) is 17.7. The molecular formula is C16H13ClF3NO2S. The van der Waals surface area contributed by atoms with Gasteiger partial charge in [-0.2, -0.15) is 13.2 Å². The van der Waals surface area contributed by atoms with Gasteiger partial charge in [0, 0.05) is 4.90 Å². The summed E-state index contributed by atoms with van der Waals surface area (Å²) >= 11 is 7.47. The molecule has 1 amide bonds. The van der Waals surface area contributed by atoms with E-state index >= 15 is 0 Å². The molecule has 0 spiro atoms. The number of hydrogen-bond donors (Lipinski definition) is 1. The van der Waals surface area contributed by atoms with Crippen LogP contribution in [0.4, 0.5) is 18.9 Å². The van der Waals surface area contributed by atoms with Crippen LogP contribution in [0, 0.1) is 0 Å². The molecule has 0 fully saturated rings. The van der Waals surface area contributed by atoms with Crippen molar-refractivity contribution in [2.24, 2.45) is 0 Å². The molecule has 0 aliphatic heterocycles. The highest BCUT2D eigenvalue weighted by Crippen LogP contribution is 2.28. The second kappa shape index (κ2) is 7.81. The van der Waals surface area contributed by atoms with Gasteiger partial charge in [-0.1, -0.05) is 23.7 Å². The van der Waals surface area contributed by atoms with Crippen LogP contribution in [-0.2, 0) is 0 Å². The highest BCUT2D eigenvalue weighted by molar-refractivity contribution is 7.98. The third kappa shape index (κ3) is 5.07. The van der Waals surface area contributed by atoms with Gasteiger partial charge < -0.3 is 10.1 Å². The van der Waals surface area contributed by atoms with Gasteiger partial charge in [0.1, 0.15) is 5.75 Å². The van der Waals surface area contributed by atoms with Crippen molar-refractivity contribution in [2.45, 2.75) is 11.1 Å². The Bertz CT molecular complexity index is 738. The number of hydrogen-bond acceptors (Lipinski definition) is 3. The smallest absolute Gasteiger partial charge is 0.422 e. The summed E-state index contributed by atoms with van der Waals surface area (Å²) in [5.41, 5.74) is 0.367. The minimum Gasteiger partial charge on any atom is -0.482 e. The molecule has 1 N–H and O–H groups in total. The second-order valence-electron chi connectivity index (χ2n) is 4.70. The molecule has 0 aliphatic carbocycles. The monoisotopic (exact) mass is 375 g/mol. The van der Waals surface area contributed by atoms with Crippen molar-refractivity contribution in [1.82, 2.24) is 0 Å². The van der Waals surface area contributed by atoms with E-state index in [1.54, 1.807) is 24.3 Å². The van der Waals surface area contributed by atoms with Gasteiger partial charge in [-0.05, 0) is 36.6 Å². The molecule has 0 aromatic heterocycles. The topological polar surface area (TPSA) is 38.3 Å². The van der Waals surface area contributed by atoms with Crippen molar-refractivity contribution < 1.29 is 22.7 Å². The lowest BCUT2D eigenvalue weighted by Crippen LogP contribution is -2.20. The Morgan fingerprint density at radius 2 is 1.96 bits per heavy atom. The van der Waals surface area contributed by atoms with Crippen LogP contribution in [-0.4, -0.2) is 24.9 Å². The average molecular weight is 376 g/mol. The van der Waals surface area contributed by atoms with Crippen molar-refractivity contribution >= 4 is 35.0 Å². The lowest BCUT2D eigenvalue weighted by atomic mass is 10.2. The first-order valence-electron chi connectivity index (χ1n) is 6.73. The summed E-state index contributed by atoms with van der Waals surface area (Å²) in [5.74, 6) is -0.598. The second-order valence-corrected chi connectivity index (χ2v) is 5.99. The molecule has 0 saturated heterocycles. The molecule has 3 nitrogen and oxygen atoms in total. The van der Waals surface area contributed by atoms with Gasteiger partial charge in [0.05, 0.1) is 16.3 Å². The molecule has 2 rings (SSSR count). The summed E-state index contributed by atoms with van der Waals surface area (Å²) in [4.78, 5) is 13.2. The van der Waals surface area contributed by atoms with E-state index in [1.807, 2.05) is 6.26 Å². The van der Waals surface area contributed by atoms with Crippen molar-refractivity contribution in [3.05, 3.63) is 53.1 Å². The highest BCUT2D eigenvalue weighted by atomic mass is 35.5. The third-order valence-electron chi connectivity index (χ3n) is 2.94. The van der Waals surface area contributed by atoms with E-state index in [0.717, 1.165) is 4.90 Å². The van der Waals surface area contributed by atoms with Gasteiger partial charge in [0.15, 0.2) is 6.61 Å². The Hall–Kier alpha value is -1.86. The Labute approximate surface area is 146 Å². The van der Waals surface area contributed by atoms with E-state index < -0.39 is 18.7 Å². The maximum absolute atomic E-state index is 12.4. The number of anilines is 1. The van der Waals surface area contributed by atoms with E-state index in [2.05, 4.69) is 5.32 Å². The minimum atomic E-state index is -4.47. The van der Waals surface area contributed by atoms with Crippen LogP contribution >= 0.6 is 23.4 Å². The number of para-hydroxylation sites is 2. The fourth-order valence-electron chi connectivity index (χ4n) is 1.85. The van der Waals surface area contributed by atoms with Crippen LogP contribution in [0.5, 0.6) is 5.75 Å². The predicted molar refractivity (Wildman–Crippen MR) is 89.2 cm³/mol. The summed E-state index contributed by atoms with van der Waals surface area (Å²) < 4.78 is 41.7. The molecule has 0 unspecified atom stereocenters. The number of rotatable bonds is 5. The predicted octanol–water partition coefficient (Wildman–Crippen LogP) is 5.26. The van der Waals surface area contributed by atoms with Crippen molar-refractivity contribution in [3.8, 4) is 5.75 Å². The number of carbonyl (C=O) groups is 1. The van der Waals surface area contributed by atoms with Crippen LogP contribution < -0.4 is 10.1 Å². The quantitative estimate of drug-likeness (QED) is 0.725. The van der Waals surface area contributed by atoms with Crippen LogP contribution in [0.1, 0.15) is 10.4 Å². The molecular weight excluding hydrogens is 363 g/mol. The number of nitrogens with one attached hydrogen (secondary N) is 1. The molecule has 0 saturated carbocycles. The molecule has 8 heteroatoms. The van der Waals surface area contributed by atoms with Crippen LogP contribution in [0.25, 0.3) is 0 Å². The molecule has 0 aliphatic rings. The van der Waals surface area contributed by atoms with Crippen LogP contribution in [0.15, 0.2) is 47.4 Å². The zero-order valence-electron chi connectivity index (χ0n) is 12.5. The van der Waals surface area contributed by atoms with E-state index in [-0.39, 0.29) is 22.0 Å². The maximum Gasteiger partial charge on any atom is 0.422 e. The molecule has 0 bridgehead atoms. The lowest BCUT2D eigenvalue weighted by molar-refractivity contribution is -0.153. The Morgan fingerprint density at radius 3 is 2.62 bits per heavy atom. The first-order valence-corrected chi connectivity index (χ1v) is 8.34. The summed E-state index contributed by atoms with van der Waals surface area (Å²) in [6, 6.07) is 10.9. The normalized spacial score (nSPS) is 11.2. The summed E-state index contributed by atoms with van der Waals surface area (Å²) in [6.07, 6.45) is -2.61. The number of alkyl halides is 3. The summed E-state index contributed by atoms with van der Waals surface area (Å²) in [6.45, 7) is -1.44. The van der Waals surface area contributed by atoms with Gasteiger partial charge in [-0.3, -0.25) is 4.79 Å². The number of benzene rings is 2. The summed E-state index contributed by atoms with van der Waals surface area (Å²) in [5, 5.41) is 2.78. The number of thioether (sulfide) groups is 1. The SMILES string of the molecule is CSc1ccc(Cl)c(C(=O)Nc2ccccc2OCC(F)(F)F)c1. The third-order valence-corrected chi connectivity index (χ3v) is 4.00. The van der Waals surface area contributed by atoms with Gasteiger partial charge >= 0.3 is 6.18 Å². The molecule has 0 heterocycles. The van der Waals surface area contributed by atoms with E-state index in [1.165, 1.54) is 30.0 Å². The minimum absolute atomic E-state index is 0.0691. The zero-order valence-corrected chi connectivity index (χ0v) is 14.1. The van der Waals surface area contributed by atoms with Gasteiger partial charge in [0.2, 0.25) is 0 Å². The fraction of sp³-hybridized carbons (Fsp3) is 0.188. The molecule has 2 aromatic rings. The van der Waals surface area contributed by atoms with E-state index in [9.17, 15) is 18.0 Å². The highest BCUT2D eigenvalue weighted by Gasteiger charge is 2.29. The van der Waals surface area contributed by atoms with Crippen molar-refractivity contribution in [2.75, 3.05) is 18.2 Å². The van der Waals surface area contributed by atoms with Gasteiger partial charge in [-0.15, -0.1) is 11.8 Å². The van der Waals surface area contributed by atoms with E-state index in [4.69, 9.17) is 16.3 Å². The summed E-state index contributed by atoms with van der Waals surface area (Å²) in [7, 11) is 0. The average Bonchev–Trinajstić information content (AvgIpc) is 2.53. The van der Waals surface area contributed by atoms with Crippen LogP contribution in [0.2, 0.25) is 5.02 Å². The Balaban J connectivity index is 2.20. The van der Waals surface area contributed by atoms with Gasteiger partial charge in [0.25, 0.3) is 5.91 Å². The van der Waals surface area contributed by atoms with Crippen molar-refractivity contribution in [1.29, 1.82) is 0 Å². The molecule has 0 atom stereocenters. The van der Waals surface area contributed by atoms with E-state index in [0.29, 0.717) is 0 Å².